The van der Waals surface area contributed by atoms with Crippen molar-refractivity contribution in [3.8, 4) is 0 Å². The number of hydrogen-bond donors (Lipinski definition) is 4. The van der Waals surface area contributed by atoms with E-state index < -0.39 is 58.2 Å². The summed E-state index contributed by atoms with van der Waals surface area (Å²) in [6.07, 6.45) is -0.313. The zero-order chi connectivity index (χ0) is 36.1. The Morgan fingerprint density at radius 3 is 2.16 bits per heavy atom. The molecule has 1 aromatic heterocycles. The van der Waals surface area contributed by atoms with Crippen LogP contribution in [0.1, 0.15) is 51.2 Å². The lowest BCUT2D eigenvalue weighted by Crippen LogP contribution is -2.66. The number of fused-ring (bicyclic) bond motifs is 3. The van der Waals surface area contributed by atoms with Gasteiger partial charge in [-0.1, -0.05) is 93.6 Å². The minimum absolute atomic E-state index is 0.108. The number of allylic oxidation sites excluding steroid dienone is 1. The highest BCUT2D eigenvalue weighted by molar-refractivity contribution is 6.99. The van der Waals surface area contributed by atoms with Crippen LogP contribution in [0.4, 0.5) is 5.69 Å². The van der Waals surface area contributed by atoms with Crippen LogP contribution in [0, 0.1) is 17.8 Å². The number of aliphatic hydroxyl groups excluding tert-OH is 1. The second-order valence-corrected chi connectivity index (χ2v) is 18.9. The van der Waals surface area contributed by atoms with Crippen molar-refractivity contribution in [2.45, 2.75) is 51.4 Å². The number of benzene rings is 3. The van der Waals surface area contributed by atoms with Gasteiger partial charge in [-0.25, -0.2) is 0 Å². The van der Waals surface area contributed by atoms with E-state index in [2.05, 4.69) is 45.0 Å². The molecule has 13 heteroatoms. The first-order chi connectivity index (χ1) is 24.4. The predicted molar refractivity (Wildman–Crippen MR) is 195 cm³/mol. The molecular weight excluding hydrogens is 664 g/mol. The number of anilines is 1. The minimum atomic E-state index is -3.03. The van der Waals surface area contributed by atoms with Gasteiger partial charge in [0.2, 0.25) is 11.8 Å². The third kappa shape index (κ3) is 6.16. The van der Waals surface area contributed by atoms with E-state index in [-0.39, 0.29) is 42.2 Å². The fourth-order valence-electron chi connectivity index (χ4n) is 8.42. The van der Waals surface area contributed by atoms with Crippen LogP contribution in [0.2, 0.25) is 5.04 Å². The third-order valence-electron chi connectivity index (χ3n) is 10.7. The fourth-order valence-corrected chi connectivity index (χ4v) is 13.0. The largest absolute Gasteiger partial charge is 0.488 e. The Hall–Kier alpha value is -4.07. The van der Waals surface area contributed by atoms with Gasteiger partial charge in [0, 0.05) is 0 Å². The van der Waals surface area contributed by atoms with Crippen molar-refractivity contribution in [2.75, 3.05) is 11.5 Å². The van der Waals surface area contributed by atoms with Gasteiger partial charge in [-0.2, -0.15) is 0 Å². The SMILES string of the molecule is CC(C)(C)[Si](OCC1=C2B(O)O[C@H](c3ccc(CO)o3)C[C@H]2[C@H]2C(=O)N(c3cccc(B(O)O)c3)C(=O)[C@H]2C1)(c1ccccc1)c1ccccc1. The molecule has 51 heavy (non-hydrogen) atoms. The molecule has 10 nitrogen and oxygen atoms in total. The van der Waals surface area contributed by atoms with E-state index in [1.165, 1.54) is 12.1 Å². The smallest absolute Gasteiger partial charge is 0.461 e. The fraction of sp³-hybridized carbons (Fsp3) is 0.316. The van der Waals surface area contributed by atoms with Gasteiger partial charge in [-0.15, -0.1) is 0 Å². The first-order valence-corrected chi connectivity index (χ1v) is 19.2. The first kappa shape index (κ1) is 35.3. The molecule has 262 valence electrons. The van der Waals surface area contributed by atoms with Gasteiger partial charge in [-0.3, -0.25) is 14.5 Å². The lowest BCUT2D eigenvalue weighted by molar-refractivity contribution is -0.123. The molecule has 7 rings (SSSR count). The van der Waals surface area contributed by atoms with Crippen molar-refractivity contribution in [1.29, 1.82) is 0 Å². The number of hydrogen-bond acceptors (Lipinski definition) is 9. The lowest BCUT2D eigenvalue weighted by Gasteiger charge is -2.45. The van der Waals surface area contributed by atoms with E-state index in [0.29, 0.717) is 17.0 Å². The second-order valence-electron chi connectivity index (χ2n) is 14.6. The Bertz CT molecular complexity index is 1910. The van der Waals surface area contributed by atoms with Crippen LogP contribution in [0.15, 0.2) is 113 Å². The Morgan fingerprint density at radius 1 is 0.902 bits per heavy atom. The average molecular weight is 705 g/mol. The van der Waals surface area contributed by atoms with Gasteiger partial charge in [0.25, 0.3) is 8.32 Å². The molecule has 4 aromatic rings. The summed E-state index contributed by atoms with van der Waals surface area (Å²) in [5.74, 6) is -2.22. The van der Waals surface area contributed by atoms with E-state index in [1.807, 2.05) is 36.4 Å². The van der Waals surface area contributed by atoms with Crippen LogP contribution >= 0.6 is 0 Å². The van der Waals surface area contributed by atoms with Crippen molar-refractivity contribution >= 4 is 55.9 Å². The molecular formula is C38H41B2NO9Si. The van der Waals surface area contributed by atoms with Crippen LogP contribution in [0.5, 0.6) is 0 Å². The maximum atomic E-state index is 14.4. The van der Waals surface area contributed by atoms with Crippen molar-refractivity contribution in [1.82, 2.24) is 0 Å². The first-order valence-electron chi connectivity index (χ1n) is 17.3. The van der Waals surface area contributed by atoms with Crippen LogP contribution in [-0.4, -0.2) is 61.2 Å². The minimum Gasteiger partial charge on any atom is -0.461 e. The van der Waals surface area contributed by atoms with Gasteiger partial charge in [0.15, 0.2) is 0 Å². The maximum Gasteiger partial charge on any atom is 0.488 e. The van der Waals surface area contributed by atoms with E-state index in [1.54, 1.807) is 24.3 Å². The summed E-state index contributed by atoms with van der Waals surface area (Å²) in [7, 11) is -6.21. The molecule has 0 saturated carbocycles. The topological polar surface area (TPSA) is 150 Å². The Kier molecular flexibility index (Phi) is 9.57. The molecule has 1 aliphatic carbocycles. The summed E-state index contributed by atoms with van der Waals surface area (Å²) in [5, 5.41) is 42.9. The van der Waals surface area contributed by atoms with Crippen LogP contribution in [0.3, 0.4) is 0 Å². The number of aliphatic hydroxyl groups is 1. The van der Waals surface area contributed by atoms with Crippen molar-refractivity contribution in [2.24, 2.45) is 17.8 Å². The quantitative estimate of drug-likeness (QED) is 0.152. The van der Waals surface area contributed by atoms with Crippen LogP contribution in [0.25, 0.3) is 0 Å². The molecule has 2 amide bonds. The number of carbonyl (C=O) groups is 2. The number of furan rings is 1. The van der Waals surface area contributed by atoms with Crippen LogP contribution < -0.4 is 20.7 Å². The highest BCUT2D eigenvalue weighted by Gasteiger charge is 2.59. The molecule has 3 aliphatic rings. The number of amides is 2. The summed E-state index contributed by atoms with van der Waals surface area (Å²) in [5.41, 5.74) is 1.67. The number of imide groups is 1. The second kappa shape index (κ2) is 13.8. The molecule has 0 spiro atoms. The average Bonchev–Trinajstić information content (AvgIpc) is 3.71. The van der Waals surface area contributed by atoms with E-state index >= 15 is 0 Å². The van der Waals surface area contributed by atoms with Crippen molar-refractivity contribution in [3.63, 3.8) is 0 Å². The molecule has 0 unspecified atom stereocenters. The predicted octanol–water partition coefficient (Wildman–Crippen LogP) is 2.63. The number of nitrogens with zero attached hydrogens (tertiary/aromatic N) is 1. The molecule has 4 N–H and O–H groups in total. The maximum absolute atomic E-state index is 14.4. The van der Waals surface area contributed by atoms with Gasteiger partial charge >= 0.3 is 14.2 Å². The lowest BCUT2D eigenvalue weighted by atomic mass is 9.55. The molecule has 3 aromatic carbocycles. The highest BCUT2D eigenvalue weighted by Crippen LogP contribution is 2.52. The Labute approximate surface area is 298 Å². The zero-order valence-electron chi connectivity index (χ0n) is 28.8. The molecule has 0 bridgehead atoms. The summed E-state index contributed by atoms with van der Waals surface area (Å²) in [6.45, 7) is 6.34. The Balaban J connectivity index is 1.32. The normalized spacial score (nSPS) is 22.3. The molecule has 2 aliphatic heterocycles. The van der Waals surface area contributed by atoms with Crippen molar-refractivity contribution < 1.29 is 43.3 Å². The molecule has 3 heterocycles. The standard InChI is InChI=1S/C38H41B2NO9Si/c1-38(2,3)51(28-13-6-4-7-14-28,29-15-8-5-9-16-29)48-23-24-19-31-34(37(44)41(36(31)43)26-12-10-11-25(20-26)39(45)46)30-21-33(50-40(47)35(24)30)32-18-17-27(22-42)49-32/h4-18,20,30-31,33-34,42,45-47H,19,21-23H2,1-3H3/t30-,31-,33-,34+/m0/s1. The molecule has 2 fully saturated rings. The summed E-state index contributed by atoms with van der Waals surface area (Å²) < 4.78 is 19.3. The van der Waals surface area contributed by atoms with Crippen molar-refractivity contribution in [3.05, 3.63) is 120 Å². The van der Waals surface area contributed by atoms with E-state index in [9.17, 15) is 29.8 Å². The van der Waals surface area contributed by atoms with Gasteiger partial charge in [-0.05, 0) is 74.9 Å². The van der Waals surface area contributed by atoms with Gasteiger partial charge < -0.3 is 33.7 Å². The molecule has 2 saturated heterocycles. The molecule has 4 atom stereocenters. The highest BCUT2D eigenvalue weighted by atomic mass is 28.4. The summed E-state index contributed by atoms with van der Waals surface area (Å²) in [4.78, 5) is 29.8. The third-order valence-corrected chi connectivity index (χ3v) is 15.7. The van der Waals surface area contributed by atoms with Crippen LogP contribution in [-0.2, 0) is 25.3 Å². The molecule has 0 radical (unpaired) electrons. The van der Waals surface area contributed by atoms with Gasteiger partial charge in [0.1, 0.15) is 24.2 Å². The van der Waals surface area contributed by atoms with E-state index in [4.69, 9.17) is 13.5 Å². The number of carbonyl (C=O) groups excluding carboxylic acids is 2. The summed E-state index contributed by atoms with van der Waals surface area (Å²) in [6, 6.07) is 29.8. The zero-order valence-corrected chi connectivity index (χ0v) is 29.8. The van der Waals surface area contributed by atoms with E-state index in [0.717, 1.165) is 20.8 Å². The van der Waals surface area contributed by atoms with Gasteiger partial charge in [0.05, 0.1) is 24.1 Å². The Morgan fingerprint density at radius 2 is 1.57 bits per heavy atom. The summed E-state index contributed by atoms with van der Waals surface area (Å²) >= 11 is 0. The number of rotatable bonds is 9. The monoisotopic (exact) mass is 705 g/mol.